The molecule has 2 rings (SSSR count). The van der Waals surface area contributed by atoms with Gasteiger partial charge in [-0.2, -0.15) is 0 Å². The van der Waals surface area contributed by atoms with Crippen LogP contribution < -0.4 is 4.74 Å². The van der Waals surface area contributed by atoms with Gasteiger partial charge in [0.25, 0.3) is 0 Å². The average molecular weight is 280 g/mol. The van der Waals surface area contributed by atoms with Crippen LogP contribution in [0.4, 0.5) is 0 Å². The van der Waals surface area contributed by atoms with Crippen molar-refractivity contribution in [2.45, 2.75) is 26.9 Å². The van der Waals surface area contributed by atoms with Gasteiger partial charge in [-0.1, -0.05) is 47.7 Å². The van der Waals surface area contributed by atoms with Crippen molar-refractivity contribution >= 4 is 0 Å². The Morgan fingerprint density at radius 1 is 1.00 bits per heavy atom. The van der Waals surface area contributed by atoms with Crippen LogP contribution >= 0.6 is 0 Å². The molecule has 0 aliphatic carbocycles. The third-order valence-corrected chi connectivity index (χ3v) is 3.11. The molecule has 0 saturated carbocycles. The van der Waals surface area contributed by atoms with E-state index in [2.05, 4.69) is 43.0 Å². The summed E-state index contributed by atoms with van der Waals surface area (Å²) in [5, 5.41) is 8.81. The summed E-state index contributed by atoms with van der Waals surface area (Å²) < 4.78 is 5.88. The summed E-state index contributed by atoms with van der Waals surface area (Å²) in [7, 11) is 0. The number of benzene rings is 2. The van der Waals surface area contributed by atoms with Gasteiger partial charge in [0.1, 0.15) is 12.4 Å². The van der Waals surface area contributed by atoms with Crippen molar-refractivity contribution < 1.29 is 9.84 Å². The maximum atomic E-state index is 8.81. The smallest absolute Gasteiger partial charge is 0.135 e. The van der Waals surface area contributed by atoms with Crippen LogP contribution in [0, 0.1) is 25.7 Å². The second-order valence-electron chi connectivity index (χ2n) is 5.05. The molecule has 0 aliphatic heterocycles. The maximum absolute atomic E-state index is 8.81. The molecule has 0 heterocycles. The van der Waals surface area contributed by atoms with Gasteiger partial charge >= 0.3 is 0 Å². The minimum Gasteiger partial charge on any atom is -0.488 e. The lowest BCUT2D eigenvalue weighted by atomic mass is 10.1. The Balaban J connectivity index is 2.12. The van der Waals surface area contributed by atoms with Gasteiger partial charge in [-0.25, -0.2) is 0 Å². The molecule has 0 saturated heterocycles. The summed E-state index contributed by atoms with van der Waals surface area (Å²) >= 11 is 0. The molecule has 1 N–H and O–H groups in total. The van der Waals surface area contributed by atoms with Crippen LogP contribution in [0.25, 0.3) is 0 Å². The third-order valence-electron chi connectivity index (χ3n) is 3.11. The van der Waals surface area contributed by atoms with E-state index in [1.165, 1.54) is 5.56 Å². The van der Waals surface area contributed by atoms with Crippen molar-refractivity contribution in [2.75, 3.05) is 6.61 Å². The first-order chi connectivity index (χ1) is 10.2. The summed E-state index contributed by atoms with van der Waals surface area (Å²) in [5.74, 6) is 6.79. The summed E-state index contributed by atoms with van der Waals surface area (Å²) in [6.07, 6.45) is 0.478. The quantitative estimate of drug-likeness (QED) is 0.867. The van der Waals surface area contributed by atoms with E-state index >= 15 is 0 Å². The molecule has 21 heavy (non-hydrogen) atoms. The van der Waals surface area contributed by atoms with Crippen LogP contribution in [-0.4, -0.2) is 11.7 Å². The molecule has 0 atom stereocenters. The first-order valence-corrected chi connectivity index (χ1v) is 7.08. The minimum atomic E-state index is 0.0817. The van der Waals surface area contributed by atoms with E-state index < -0.39 is 0 Å². The molecule has 0 bridgehead atoms. The Morgan fingerprint density at radius 3 is 2.43 bits per heavy atom. The highest BCUT2D eigenvalue weighted by Crippen LogP contribution is 2.20. The number of aryl methyl sites for hydroxylation is 2. The first kappa shape index (κ1) is 15.2. The molecule has 2 aromatic rings. The van der Waals surface area contributed by atoms with Gasteiger partial charge in [0, 0.05) is 6.42 Å². The summed E-state index contributed by atoms with van der Waals surface area (Å²) in [6.45, 7) is 4.71. The maximum Gasteiger partial charge on any atom is 0.135 e. The zero-order valence-corrected chi connectivity index (χ0v) is 12.5. The predicted octanol–water partition coefficient (Wildman–Crippen LogP) is 3.62. The molecule has 2 heteroatoms. The lowest BCUT2D eigenvalue weighted by Crippen LogP contribution is -1.97. The zero-order chi connectivity index (χ0) is 15.1. The van der Waals surface area contributed by atoms with Crippen LogP contribution in [0.2, 0.25) is 0 Å². The number of aliphatic hydroxyl groups is 1. The van der Waals surface area contributed by atoms with Gasteiger partial charge in [-0.05, 0) is 37.1 Å². The molecule has 2 nitrogen and oxygen atoms in total. The van der Waals surface area contributed by atoms with Gasteiger partial charge < -0.3 is 9.84 Å². The molecular weight excluding hydrogens is 260 g/mol. The van der Waals surface area contributed by atoms with E-state index in [0.717, 1.165) is 22.4 Å². The lowest BCUT2D eigenvalue weighted by Gasteiger charge is -2.09. The normalized spacial score (nSPS) is 9.86. The largest absolute Gasteiger partial charge is 0.488 e. The Kier molecular flexibility index (Phi) is 5.43. The molecule has 0 aliphatic rings. The molecule has 108 valence electrons. The molecule has 0 radical (unpaired) electrons. The summed E-state index contributed by atoms with van der Waals surface area (Å²) in [6, 6.07) is 14.3. The summed E-state index contributed by atoms with van der Waals surface area (Å²) in [4.78, 5) is 0. The fraction of sp³-hybridized carbons (Fsp3) is 0.263. The topological polar surface area (TPSA) is 29.5 Å². The van der Waals surface area contributed by atoms with E-state index in [4.69, 9.17) is 9.84 Å². The minimum absolute atomic E-state index is 0.0817. The van der Waals surface area contributed by atoms with E-state index in [0.29, 0.717) is 13.0 Å². The van der Waals surface area contributed by atoms with Crippen molar-refractivity contribution in [1.29, 1.82) is 0 Å². The molecular formula is C19H20O2. The molecule has 2 aromatic carbocycles. The third kappa shape index (κ3) is 4.66. The van der Waals surface area contributed by atoms with E-state index in [-0.39, 0.29) is 6.61 Å². The first-order valence-electron chi connectivity index (χ1n) is 7.08. The molecule has 0 amide bonds. The monoisotopic (exact) mass is 280 g/mol. The fourth-order valence-corrected chi connectivity index (χ4v) is 1.93. The number of hydrogen-bond donors (Lipinski definition) is 1. The van der Waals surface area contributed by atoms with Crippen LogP contribution in [0.5, 0.6) is 5.75 Å². The SMILES string of the molecule is Cc1ccc(COc2ccc(C)cc2C#CCCO)cc1. The Bertz CT molecular complexity index is 646. The molecule has 0 unspecified atom stereocenters. The van der Waals surface area contributed by atoms with Gasteiger partial charge in [0.05, 0.1) is 12.2 Å². The molecule has 0 aromatic heterocycles. The van der Waals surface area contributed by atoms with Crippen LogP contribution in [0.1, 0.15) is 28.7 Å². The van der Waals surface area contributed by atoms with Gasteiger partial charge in [0.15, 0.2) is 0 Å². The second kappa shape index (κ2) is 7.52. The Morgan fingerprint density at radius 2 is 1.71 bits per heavy atom. The van der Waals surface area contributed by atoms with Gasteiger partial charge in [-0.15, -0.1) is 0 Å². The van der Waals surface area contributed by atoms with Crippen molar-refractivity contribution in [3.8, 4) is 17.6 Å². The number of rotatable bonds is 4. The van der Waals surface area contributed by atoms with Crippen LogP contribution in [0.15, 0.2) is 42.5 Å². The zero-order valence-electron chi connectivity index (χ0n) is 12.5. The molecule has 0 spiro atoms. The number of aliphatic hydroxyl groups excluding tert-OH is 1. The average Bonchev–Trinajstić information content (AvgIpc) is 2.48. The van der Waals surface area contributed by atoms with Crippen molar-refractivity contribution in [1.82, 2.24) is 0 Å². The summed E-state index contributed by atoms with van der Waals surface area (Å²) in [5.41, 5.74) is 4.39. The number of hydrogen-bond acceptors (Lipinski definition) is 2. The highest BCUT2D eigenvalue weighted by molar-refractivity contribution is 5.48. The highest BCUT2D eigenvalue weighted by atomic mass is 16.5. The van der Waals surface area contributed by atoms with E-state index in [1.54, 1.807) is 0 Å². The Labute approximate surface area is 126 Å². The van der Waals surface area contributed by atoms with E-state index in [9.17, 15) is 0 Å². The van der Waals surface area contributed by atoms with Crippen LogP contribution in [0.3, 0.4) is 0 Å². The highest BCUT2D eigenvalue weighted by Gasteiger charge is 2.02. The fourth-order valence-electron chi connectivity index (χ4n) is 1.93. The Hall–Kier alpha value is -2.24. The second-order valence-corrected chi connectivity index (χ2v) is 5.05. The van der Waals surface area contributed by atoms with Crippen molar-refractivity contribution in [3.05, 3.63) is 64.7 Å². The van der Waals surface area contributed by atoms with Crippen LogP contribution in [-0.2, 0) is 6.61 Å². The predicted molar refractivity (Wildman–Crippen MR) is 85.3 cm³/mol. The van der Waals surface area contributed by atoms with Crippen molar-refractivity contribution in [3.63, 3.8) is 0 Å². The molecule has 0 fully saturated rings. The van der Waals surface area contributed by atoms with Gasteiger partial charge in [-0.3, -0.25) is 0 Å². The standard InChI is InChI=1S/C19H20O2/c1-15-6-9-17(10-7-15)14-21-19-11-8-16(2)13-18(19)5-3-4-12-20/h6-11,13,20H,4,12,14H2,1-2H3. The van der Waals surface area contributed by atoms with Crippen molar-refractivity contribution in [2.24, 2.45) is 0 Å². The lowest BCUT2D eigenvalue weighted by molar-refractivity contribution is 0.304. The number of ether oxygens (including phenoxy) is 1. The van der Waals surface area contributed by atoms with E-state index in [1.807, 2.05) is 25.1 Å². The van der Waals surface area contributed by atoms with Gasteiger partial charge in [0.2, 0.25) is 0 Å².